The average molecular weight is 277 g/mol. The number of ether oxygens (including phenoxy) is 3. The SMILES string of the molecule is COc1cccc(OC)c1OC1CC(N)C12CCCC2. The minimum Gasteiger partial charge on any atom is -0.493 e. The van der Waals surface area contributed by atoms with Crippen LogP contribution in [0.4, 0.5) is 0 Å². The zero-order chi connectivity index (χ0) is 14.2. The first-order valence-electron chi connectivity index (χ1n) is 7.34. The van der Waals surface area contributed by atoms with Crippen molar-refractivity contribution < 1.29 is 14.2 Å². The van der Waals surface area contributed by atoms with E-state index >= 15 is 0 Å². The Labute approximate surface area is 120 Å². The molecule has 1 spiro atoms. The molecule has 4 heteroatoms. The Morgan fingerprint density at radius 3 is 2.20 bits per heavy atom. The molecule has 2 aliphatic carbocycles. The second-order valence-electron chi connectivity index (χ2n) is 5.88. The molecule has 0 aromatic heterocycles. The molecule has 2 aliphatic rings. The molecular weight excluding hydrogens is 254 g/mol. The van der Waals surface area contributed by atoms with E-state index in [4.69, 9.17) is 19.9 Å². The Bertz CT molecular complexity index is 460. The highest BCUT2D eigenvalue weighted by Crippen LogP contribution is 2.55. The van der Waals surface area contributed by atoms with Gasteiger partial charge < -0.3 is 19.9 Å². The van der Waals surface area contributed by atoms with Gasteiger partial charge in [-0.15, -0.1) is 0 Å². The molecule has 4 nitrogen and oxygen atoms in total. The standard InChI is InChI=1S/C16H23NO3/c1-18-11-6-5-7-12(19-2)15(11)20-14-10-13(17)16(14)8-3-4-9-16/h5-7,13-14H,3-4,8-10,17H2,1-2H3. The highest BCUT2D eigenvalue weighted by atomic mass is 16.5. The summed E-state index contributed by atoms with van der Waals surface area (Å²) in [7, 11) is 3.30. The predicted molar refractivity (Wildman–Crippen MR) is 77.5 cm³/mol. The van der Waals surface area contributed by atoms with E-state index in [0.29, 0.717) is 5.75 Å². The fourth-order valence-electron chi connectivity index (χ4n) is 3.75. The van der Waals surface area contributed by atoms with E-state index in [9.17, 15) is 0 Å². The van der Waals surface area contributed by atoms with Gasteiger partial charge in [0.15, 0.2) is 11.5 Å². The van der Waals surface area contributed by atoms with Crippen molar-refractivity contribution in [1.29, 1.82) is 0 Å². The smallest absolute Gasteiger partial charge is 0.203 e. The fourth-order valence-corrected chi connectivity index (χ4v) is 3.75. The molecule has 1 aromatic carbocycles. The molecule has 0 aliphatic heterocycles. The van der Waals surface area contributed by atoms with E-state index < -0.39 is 0 Å². The number of benzene rings is 1. The van der Waals surface area contributed by atoms with Gasteiger partial charge in [0.05, 0.1) is 14.2 Å². The third-order valence-corrected chi connectivity index (χ3v) is 5.02. The molecule has 2 unspecified atom stereocenters. The maximum absolute atomic E-state index is 6.27. The molecule has 0 amide bonds. The number of methoxy groups -OCH3 is 2. The first-order chi connectivity index (χ1) is 9.71. The molecule has 2 fully saturated rings. The van der Waals surface area contributed by atoms with Crippen LogP contribution in [-0.4, -0.2) is 26.4 Å². The number of hydrogen-bond acceptors (Lipinski definition) is 4. The number of hydrogen-bond donors (Lipinski definition) is 1. The van der Waals surface area contributed by atoms with Gasteiger partial charge in [0.2, 0.25) is 5.75 Å². The highest BCUT2D eigenvalue weighted by Gasteiger charge is 2.56. The van der Waals surface area contributed by atoms with E-state index in [1.165, 1.54) is 25.7 Å². The van der Waals surface area contributed by atoms with E-state index in [2.05, 4.69) is 0 Å². The Balaban J connectivity index is 1.85. The molecule has 2 N–H and O–H groups in total. The molecule has 2 atom stereocenters. The van der Waals surface area contributed by atoms with Crippen LogP contribution in [0.15, 0.2) is 18.2 Å². The summed E-state index contributed by atoms with van der Waals surface area (Å²) in [5.74, 6) is 2.15. The third kappa shape index (κ3) is 1.94. The van der Waals surface area contributed by atoms with Gasteiger partial charge in [-0.25, -0.2) is 0 Å². The van der Waals surface area contributed by atoms with Gasteiger partial charge in [0.1, 0.15) is 6.10 Å². The molecule has 1 aromatic rings. The normalized spacial score (nSPS) is 27.1. The van der Waals surface area contributed by atoms with Gasteiger partial charge in [-0.3, -0.25) is 0 Å². The van der Waals surface area contributed by atoms with Crippen molar-refractivity contribution >= 4 is 0 Å². The number of rotatable bonds is 4. The zero-order valence-corrected chi connectivity index (χ0v) is 12.2. The molecular formula is C16H23NO3. The summed E-state index contributed by atoms with van der Waals surface area (Å²) in [4.78, 5) is 0. The summed E-state index contributed by atoms with van der Waals surface area (Å²) in [5.41, 5.74) is 6.43. The van der Waals surface area contributed by atoms with Gasteiger partial charge in [-0.2, -0.15) is 0 Å². The lowest BCUT2D eigenvalue weighted by Crippen LogP contribution is -2.62. The van der Waals surface area contributed by atoms with E-state index in [1.807, 2.05) is 18.2 Å². The quantitative estimate of drug-likeness (QED) is 0.919. The van der Waals surface area contributed by atoms with Crippen molar-refractivity contribution in [2.45, 2.75) is 44.2 Å². The van der Waals surface area contributed by atoms with Crippen molar-refractivity contribution in [3.05, 3.63) is 18.2 Å². The van der Waals surface area contributed by atoms with Gasteiger partial charge in [-0.05, 0) is 25.0 Å². The Kier molecular flexibility index (Phi) is 3.50. The lowest BCUT2D eigenvalue weighted by Gasteiger charge is -2.52. The van der Waals surface area contributed by atoms with Crippen LogP contribution in [0.5, 0.6) is 17.2 Å². The van der Waals surface area contributed by atoms with Gasteiger partial charge in [0.25, 0.3) is 0 Å². The monoisotopic (exact) mass is 277 g/mol. The first kappa shape index (κ1) is 13.6. The zero-order valence-electron chi connectivity index (χ0n) is 12.2. The molecule has 0 heterocycles. The van der Waals surface area contributed by atoms with E-state index in [1.54, 1.807) is 14.2 Å². The highest BCUT2D eigenvalue weighted by molar-refractivity contribution is 5.51. The molecule has 3 rings (SSSR count). The minimum absolute atomic E-state index is 0.172. The number of para-hydroxylation sites is 1. The Morgan fingerprint density at radius 1 is 1.10 bits per heavy atom. The first-order valence-corrected chi connectivity index (χ1v) is 7.34. The maximum atomic E-state index is 6.27. The summed E-state index contributed by atoms with van der Waals surface area (Å²) in [5, 5.41) is 0. The summed E-state index contributed by atoms with van der Waals surface area (Å²) in [6.07, 6.45) is 5.98. The molecule has 2 saturated carbocycles. The van der Waals surface area contributed by atoms with Crippen molar-refractivity contribution in [3.8, 4) is 17.2 Å². The van der Waals surface area contributed by atoms with Crippen LogP contribution in [0.1, 0.15) is 32.1 Å². The number of nitrogens with two attached hydrogens (primary N) is 1. The van der Waals surface area contributed by atoms with Crippen LogP contribution in [-0.2, 0) is 0 Å². The molecule has 0 saturated heterocycles. The largest absolute Gasteiger partial charge is 0.493 e. The van der Waals surface area contributed by atoms with Crippen molar-refractivity contribution in [3.63, 3.8) is 0 Å². The molecule has 20 heavy (non-hydrogen) atoms. The summed E-state index contributed by atoms with van der Waals surface area (Å²) in [6.45, 7) is 0. The van der Waals surface area contributed by atoms with Gasteiger partial charge in [-0.1, -0.05) is 18.9 Å². The lowest BCUT2D eigenvalue weighted by molar-refractivity contribution is -0.0638. The van der Waals surface area contributed by atoms with E-state index in [-0.39, 0.29) is 17.6 Å². The fraction of sp³-hybridized carbons (Fsp3) is 0.625. The van der Waals surface area contributed by atoms with Gasteiger partial charge in [0, 0.05) is 17.9 Å². The van der Waals surface area contributed by atoms with Crippen LogP contribution in [0.3, 0.4) is 0 Å². The van der Waals surface area contributed by atoms with Crippen molar-refractivity contribution in [1.82, 2.24) is 0 Å². The maximum Gasteiger partial charge on any atom is 0.203 e. The third-order valence-electron chi connectivity index (χ3n) is 5.02. The van der Waals surface area contributed by atoms with Crippen LogP contribution >= 0.6 is 0 Å². The summed E-state index contributed by atoms with van der Waals surface area (Å²) in [6, 6.07) is 5.98. The van der Waals surface area contributed by atoms with Gasteiger partial charge >= 0.3 is 0 Å². The average Bonchev–Trinajstić information content (AvgIpc) is 2.99. The Hall–Kier alpha value is -1.42. The second-order valence-corrected chi connectivity index (χ2v) is 5.88. The summed E-state index contributed by atoms with van der Waals surface area (Å²) < 4.78 is 17.1. The summed E-state index contributed by atoms with van der Waals surface area (Å²) >= 11 is 0. The molecule has 0 radical (unpaired) electrons. The second kappa shape index (κ2) is 5.17. The van der Waals surface area contributed by atoms with Crippen molar-refractivity contribution in [2.75, 3.05) is 14.2 Å². The molecule has 110 valence electrons. The van der Waals surface area contributed by atoms with Crippen LogP contribution in [0, 0.1) is 5.41 Å². The topological polar surface area (TPSA) is 53.7 Å². The van der Waals surface area contributed by atoms with E-state index in [0.717, 1.165) is 17.9 Å². The van der Waals surface area contributed by atoms with Crippen LogP contribution in [0.2, 0.25) is 0 Å². The predicted octanol–water partition coefficient (Wildman–Crippen LogP) is 2.74. The minimum atomic E-state index is 0.172. The van der Waals surface area contributed by atoms with Crippen LogP contribution < -0.4 is 19.9 Å². The molecule has 0 bridgehead atoms. The lowest BCUT2D eigenvalue weighted by atomic mass is 9.61. The van der Waals surface area contributed by atoms with Crippen LogP contribution in [0.25, 0.3) is 0 Å². The van der Waals surface area contributed by atoms with Crippen molar-refractivity contribution in [2.24, 2.45) is 11.1 Å². The Morgan fingerprint density at radius 2 is 1.70 bits per heavy atom.